The van der Waals surface area contributed by atoms with Crippen LogP contribution in [0.25, 0.3) is 11.0 Å². The Morgan fingerprint density at radius 1 is 1.19 bits per heavy atom. The number of rotatable bonds is 4. The third-order valence-corrected chi connectivity index (χ3v) is 9.69. The molecule has 0 bridgehead atoms. The van der Waals surface area contributed by atoms with E-state index in [2.05, 4.69) is 40.7 Å². The molecule has 2 aliphatic carbocycles. The highest BCUT2D eigenvalue weighted by molar-refractivity contribution is 7.90. The van der Waals surface area contributed by atoms with Gasteiger partial charge in [0.1, 0.15) is 17.8 Å². The van der Waals surface area contributed by atoms with Crippen molar-refractivity contribution in [3.63, 3.8) is 0 Å². The van der Waals surface area contributed by atoms with Crippen LogP contribution in [0.4, 0.5) is 5.82 Å². The highest BCUT2D eigenvalue weighted by Gasteiger charge is 2.61. The van der Waals surface area contributed by atoms with Crippen molar-refractivity contribution in [3.8, 4) is 0 Å². The van der Waals surface area contributed by atoms with Crippen molar-refractivity contribution in [3.05, 3.63) is 18.6 Å². The number of anilines is 1. The molecule has 3 heterocycles. The molecular formula is C19H27N5O2S. The Morgan fingerprint density at radius 2 is 1.85 bits per heavy atom. The molecule has 1 N–H and O–H groups in total. The topological polar surface area (TPSA) is 82.2 Å². The van der Waals surface area contributed by atoms with Gasteiger partial charge in [-0.05, 0) is 42.6 Å². The molecule has 8 heteroatoms. The van der Waals surface area contributed by atoms with Crippen molar-refractivity contribution in [2.45, 2.75) is 50.8 Å². The summed E-state index contributed by atoms with van der Waals surface area (Å²) in [6.07, 6.45) is 7.12. The van der Waals surface area contributed by atoms with Gasteiger partial charge in [-0.2, -0.15) is 0 Å². The second-order valence-corrected chi connectivity index (χ2v) is 11.5. The van der Waals surface area contributed by atoms with Gasteiger partial charge < -0.3 is 9.88 Å². The summed E-state index contributed by atoms with van der Waals surface area (Å²) in [5.74, 6) is 0.945. The molecule has 2 aromatic rings. The van der Waals surface area contributed by atoms with Gasteiger partial charge in [0, 0.05) is 32.4 Å². The summed E-state index contributed by atoms with van der Waals surface area (Å²) in [5, 5.41) is 0.912. The van der Waals surface area contributed by atoms with Crippen molar-refractivity contribution in [1.29, 1.82) is 0 Å². The molecule has 0 unspecified atom stereocenters. The minimum Gasteiger partial charge on any atom is -0.356 e. The number of nitrogens with zero attached hydrogens (tertiary/aromatic N) is 4. The predicted octanol–water partition coefficient (Wildman–Crippen LogP) is 2.38. The van der Waals surface area contributed by atoms with Gasteiger partial charge in [-0.25, -0.2) is 22.7 Å². The largest absolute Gasteiger partial charge is 0.356 e. The number of hydrogen-bond acceptors (Lipinski definition) is 5. The molecule has 1 aliphatic heterocycles. The van der Waals surface area contributed by atoms with Gasteiger partial charge in [0.25, 0.3) is 0 Å². The second kappa shape index (κ2) is 5.44. The molecule has 3 fully saturated rings. The quantitative estimate of drug-likeness (QED) is 0.868. The van der Waals surface area contributed by atoms with Crippen LogP contribution < -0.4 is 4.90 Å². The standard InChI is InChI=1S/C19H27N5O2S/c1-18-8-13(23(3)17-15-6-7-20-16(15)21-12-22-17)9-19(18,2)11-24(10-18)27(25,26)14-4-5-14/h6-7,12-14H,4-5,8-11H2,1-3H3,(H,20,21,22)/t13-,18+,19-. The van der Waals surface area contributed by atoms with Crippen LogP contribution in [0.2, 0.25) is 0 Å². The molecule has 0 spiro atoms. The van der Waals surface area contributed by atoms with Crippen LogP contribution in [0.5, 0.6) is 0 Å². The second-order valence-electron chi connectivity index (χ2n) is 9.24. The minimum absolute atomic E-state index is 0.00181. The Balaban J connectivity index is 1.41. The van der Waals surface area contributed by atoms with E-state index in [1.807, 2.05) is 12.3 Å². The number of fused-ring (bicyclic) bond motifs is 2. The fourth-order valence-electron chi connectivity index (χ4n) is 5.29. The number of nitrogens with one attached hydrogen (secondary N) is 1. The van der Waals surface area contributed by atoms with Gasteiger partial charge in [0.05, 0.1) is 10.6 Å². The van der Waals surface area contributed by atoms with E-state index in [0.717, 1.165) is 42.5 Å². The van der Waals surface area contributed by atoms with Gasteiger partial charge in [-0.1, -0.05) is 13.8 Å². The van der Waals surface area contributed by atoms with Crippen molar-refractivity contribution in [2.24, 2.45) is 10.8 Å². The fourth-order valence-corrected chi connectivity index (χ4v) is 7.38. The maximum Gasteiger partial charge on any atom is 0.217 e. The highest BCUT2D eigenvalue weighted by atomic mass is 32.2. The van der Waals surface area contributed by atoms with E-state index >= 15 is 0 Å². The highest BCUT2D eigenvalue weighted by Crippen LogP contribution is 2.59. The Bertz CT molecular complexity index is 980. The first-order valence-electron chi connectivity index (χ1n) is 9.73. The summed E-state index contributed by atoms with van der Waals surface area (Å²) in [5.41, 5.74) is 0.847. The lowest BCUT2D eigenvalue weighted by Crippen LogP contribution is -2.37. The lowest BCUT2D eigenvalue weighted by molar-refractivity contribution is 0.184. The minimum atomic E-state index is -3.10. The van der Waals surface area contributed by atoms with Gasteiger partial charge in [0.2, 0.25) is 10.0 Å². The molecular weight excluding hydrogens is 362 g/mol. The summed E-state index contributed by atoms with van der Waals surface area (Å²) in [6.45, 7) is 5.84. The first-order chi connectivity index (χ1) is 12.7. The van der Waals surface area contributed by atoms with Crippen molar-refractivity contribution >= 4 is 26.9 Å². The maximum atomic E-state index is 12.8. The molecule has 146 valence electrons. The van der Waals surface area contributed by atoms with E-state index in [1.54, 1.807) is 10.6 Å². The molecule has 1 saturated heterocycles. The molecule has 0 amide bonds. The summed E-state index contributed by atoms with van der Waals surface area (Å²) in [6, 6.07) is 2.36. The molecule has 27 heavy (non-hydrogen) atoms. The molecule has 5 rings (SSSR count). The SMILES string of the molecule is CN(c1ncnc2[nH]ccc12)[C@@H]1C[C@@]2(C)CN(S(=O)(=O)C3CC3)C[C@@]2(C)C1. The Labute approximate surface area is 160 Å². The Morgan fingerprint density at radius 3 is 2.48 bits per heavy atom. The zero-order chi connectivity index (χ0) is 19.0. The normalized spacial score (nSPS) is 34.3. The Kier molecular flexibility index (Phi) is 3.51. The van der Waals surface area contributed by atoms with Gasteiger partial charge in [-0.15, -0.1) is 0 Å². The number of aromatic amines is 1. The van der Waals surface area contributed by atoms with Gasteiger partial charge >= 0.3 is 0 Å². The maximum absolute atomic E-state index is 12.8. The van der Waals surface area contributed by atoms with Crippen molar-refractivity contribution < 1.29 is 8.42 Å². The van der Waals surface area contributed by atoms with Crippen LogP contribution in [-0.2, 0) is 10.0 Å². The summed E-state index contributed by atoms with van der Waals surface area (Å²) < 4.78 is 27.3. The average molecular weight is 390 g/mol. The van der Waals surface area contributed by atoms with Crippen molar-refractivity contribution in [2.75, 3.05) is 25.0 Å². The summed E-state index contributed by atoms with van der Waals surface area (Å²) >= 11 is 0. The first-order valence-corrected chi connectivity index (χ1v) is 11.2. The lowest BCUT2D eigenvalue weighted by atomic mass is 9.71. The average Bonchev–Trinajstić information content (AvgIpc) is 3.23. The molecule has 2 aromatic heterocycles. The molecule has 3 aliphatic rings. The predicted molar refractivity (Wildman–Crippen MR) is 105 cm³/mol. The number of sulfonamides is 1. The van der Waals surface area contributed by atoms with Gasteiger partial charge in [-0.3, -0.25) is 0 Å². The zero-order valence-corrected chi connectivity index (χ0v) is 17.0. The van der Waals surface area contributed by atoms with E-state index in [1.165, 1.54) is 0 Å². The lowest BCUT2D eigenvalue weighted by Gasteiger charge is -2.32. The summed E-state index contributed by atoms with van der Waals surface area (Å²) in [4.78, 5) is 14.2. The fraction of sp³-hybridized carbons (Fsp3) is 0.684. The van der Waals surface area contributed by atoms with Crippen molar-refractivity contribution in [1.82, 2.24) is 19.3 Å². The molecule has 2 saturated carbocycles. The van der Waals surface area contributed by atoms with E-state index in [0.29, 0.717) is 19.1 Å². The number of H-pyrrole nitrogens is 1. The third-order valence-electron chi connectivity index (χ3n) is 7.40. The molecule has 7 nitrogen and oxygen atoms in total. The van der Waals surface area contributed by atoms with Crippen LogP contribution >= 0.6 is 0 Å². The first kappa shape index (κ1) is 17.4. The van der Waals surface area contributed by atoms with E-state index in [-0.39, 0.29) is 16.1 Å². The smallest absolute Gasteiger partial charge is 0.217 e. The molecule has 0 aromatic carbocycles. The number of hydrogen-bond donors (Lipinski definition) is 1. The van der Waals surface area contributed by atoms with Crippen LogP contribution in [0.3, 0.4) is 0 Å². The van der Waals surface area contributed by atoms with E-state index in [4.69, 9.17) is 0 Å². The Hall–Kier alpha value is -1.67. The summed E-state index contributed by atoms with van der Waals surface area (Å²) in [7, 11) is -0.997. The van der Waals surface area contributed by atoms with E-state index < -0.39 is 10.0 Å². The third kappa shape index (κ3) is 2.45. The zero-order valence-electron chi connectivity index (χ0n) is 16.1. The van der Waals surface area contributed by atoms with E-state index in [9.17, 15) is 8.42 Å². The number of aromatic nitrogens is 3. The van der Waals surface area contributed by atoms with Crippen LogP contribution in [-0.4, -0.2) is 59.1 Å². The monoisotopic (exact) mass is 389 g/mol. The molecule has 0 radical (unpaired) electrons. The van der Waals surface area contributed by atoms with Gasteiger partial charge in [0.15, 0.2) is 0 Å². The van der Waals surface area contributed by atoms with Crippen LogP contribution in [0.1, 0.15) is 39.5 Å². The molecule has 3 atom stereocenters. The van der Waals surface area contributed by atoms with Crippen LogP contribution in [0, 0.1) is 10.8 Å². The van der Waals surface area contributed by atoms with Crippen LogP contribution in [0.15, 0.2) is 18.6 Å².